The van der Waals surface area contributed by atoms with E-state index in [1.165, 1.54) is 0 Å². The van der Waals surface area contributed by atoms with Crippen LogP contribution in [0, 0.1) is 20.2 Å². The van der Waals surface area contributed by atoms with Crippen LogP contribution in [-0.2, 0) is 6.18 Å². The number of rotatable bonds is 5. The minimum Gasteiger partial charge on any atom is -0.374 e. The highest BCUT2D eigenvalue weighted by molar-refractivity contribution is 5.75. The second kappa shape index (κ2) is 5.72. The monoisotopic (exact) mass is 293 g/mol. The van der Waals surface area contributed by atoms with Gasteiger partial charge in [0.1, 0.15) is 0 Å². The van der Waals surface area contributed by atoms with Crippen LogP contribution in [-0.4, -0.2) is 16.4 Å². The molecule has 0 saturated heterocycles. The molecule has 0 radical (unpaired) electrons. The van der Waals surface area contributed by atoms with E-state index >= 15 is 0 Å². The predicted octanol–water partition coefficient (Wildman–Crippen LogP) is 3.34. The van der Waals surface area contributed by atoms with Crippen LogP contribution in [0.5, 0.6) is 0 Å². The van der Waals surface area contributed by atoms with Crippen molar-refractivity contribution in [3.8, 4) is 0 Å². The third kappa shape index (κ3) is 3.33. The Kier molecular flexibility index (Phi) is 4.48. The van der Waals surface area contributed by atoms with Crippen molar-refractivity contribution in [2.75, 3.05) is 11.9 Å². The smallest absolute Gasteiger partial charge is 0.374 e. The third-order valence-corrected chi connectivity index (χ3v) is 2.37. The predicted molar refractivity (Wildman–Crippen MR) is 63.5 cm³/mol. The van der Waals surface area contributed by atoms with Crippen LogP contribution in [0.4, 0.5) is 30.2 Å². The lowest BCUT2D eigenvalue weighted by Crippen LogP contribution is -2.11. The first-order chi connectivity index (χ1) is 9.18. The van der Waals surface area contributed by atoms with Crippen molar-refractivity contribution in [1.82, 2.24) is 0 Å². The molecule has 0 amide bonds. The van der Waals surface area contributed by atoms with E-state index in [9.17, 15) is 33.4 Å². The fraction of sp³-hybridized carbons (Fsp3) is 0.400. The minimum absolute atomic E-state index is 0.160. The molecular weight excluding hydrogens is 283 g/mol. The number of hydrogen-bond donors (Lipinski definition) is 1. The summed E-state index contributed by atoms with van der Waals surface area (Å²) in [5, 5.41) is 24.1. The summed E-state index contributed by atoms with van der Waals surface area (Å²) in [4.78, 5) is 19.5. The normalized spacial score (nSPS) is 11.2. The van der Waals surface area contributed by atoms with E-state index in [0.29, 0.717) is 6.42 Å². The Balaban J connectivity index is 3.55. The minimum atomic E-state index is -4.90. The van der Waals surface area contributed by atoms with Gasteiger partial charge in [-0.1, -0.05) is 6.92 Å². The molecule has 1 aromatic carbocycles. The molecule has 20 heavy (non-hydrogen) atoms. The summed E-state index contributed by atoms with van der Waals surface area (Å²) in [5.74, 6) is 0. The standard InChI is InChI=1S/C10H10F3N3O4/c1-2-3-14-9-7(15(17)18)4-6(10(11,12)13)5-8(9)16(19)20/h4-5,14H,2-3H2,1H3. The molecule has 1 aromatic rings. The number of benzene rings is 1. The average molecular weight is 293 g/mol. The van der Waals surface area contributed by atoms with Crippen LogP contribution in [0.15, 0.2) is 12.1 Å². The van der Waals surface area contributed by atoms with E-state index in [2.05, 4.69) is 5.32 Å². The largest absolute Gasteiger partial charge is 0.416 e. The van der Waals surface area contributed by atoms with Gasteiger partial charge in [0.05, 0.1) is 15.4 Å². The Hall–Kier alpha value is -2.39. The van der Waals surface area contributed by atoms with Gasteiger partial charge in [0.2, 0.25) is 0 Å². The summed E-state index contributed by atoms with van der Waals surface area (Å²) in [6, 6.07) is 0.565. The summed E-state index contributed by atoms with van der Waals surface area (Å²) < 4.78 is 37.8. The molecule has 0 unspecified atom stereocenters. The van der Waals surface area contributed by atoms with Crippen molar-refractivity contribution in [2.45, 2.75) is 19.5 Å². The van der Waals surface area contributed by atoms with Gasteiger partial charge in [0, 0.05) is 18.7 Å². The summed E-state index contributed by atoms with van der Waals surface area (Å²) in [7, 11) is 0. The maximum atomic E-state index is 12.6. The van der Waals surface area contributed by atoms with Gasteiger partial charge in [0.15, 0.2) is 5.69 Å². The molecule has 0 saturated carbocycles. The number of hydrogen-bond acceptors (Lipinski definition) is 5. The van der Waals surface area contributed by atoms with E-state index in [-0.39, 0.29) is 18.7 Å². The Morgan fingerprint density at radius 1 is 1.15 bits per heavy atom. The molecule has 0 aliphatic rings. The van der Waals surface area contributed by atoms with E-state index in [1.54, 1.807) is 6.92 Å². The lowest BCUT2D eigenvalue weighted by molar-refractivity contribution is -0.392. The maximum Gasteiger partial charge on any atom is 0.416 e. The van der Waals surface area contributed by atoms with Gasteiger partial charge in [-0.3, -0.25) is 20.2 Å². The second-order valence-corrected chi connectivity index (χ2v) is 3.83. The van der Waals surface area contributed by atoms with Crippen molar-refractivity contribution in [3.63, 3.8) is 0 Å². The zero-order valence-corrected chi connectivity index (χ0v) is 10.2. The highest BCUT2D eigenvalue weighted by atomic mass is 19.4. The number of nitro benzene ring substituents is 2. The SMILES string of the molecule is CCCNc1c([N+](=O)[O-])cc(C(F)(F)F)cc1[N+](=O)[O-]. The van der Waals surface area contributed by atoms with Crippen molar-refractivity contribution >= 4 is 17.1 Å². The highest BCUT2D eigenvalue weighted by Gasteiger charge is 2.37. The Morgan fingerprint density at radius 2 is 1.60 bits per heavy atom. The highest BCUT2D eigenvalue weighted by Crippen LogP contribution is 2.41. The number of halogens is 3. The van der Waals surface area contributed by atoms with Crippen molar-refractivity contribution < 1.29 is 23.0 Å². The topological polar surface area (TPSA) is 98.3 Å². The molecule has 0 spiro atoms. The molecule has 10 heteroatoms. The van der Waals surface area contributed by atoms with Crippen LogP contribution in [0.3, 0.4) is 0 Å². The molecule has 0 atom stereocenters. The lowest BCUT2D eigenvalue weighted by atomic mass is 10.1. The lowest BCUT2D eigenvalue weighted by Gasteiger charge is -2.10. The van der Waals surface area contributed by atoms with Crippen molar-refractivity contribution in [2.24, 2.45) is 0 Å². The van der Waals surface area contributed by atoms with Crippen molar-refractivity contribution in [3.05, 3.63) is 37.9 Å². The molecule has 0 heterocycles. The second-order valence-electron chi connectivity index (χ2n) is 3.83. The van der Waals surface area contributed by atoms with Crippen LogP contribution in [0.1, 0.15) is 18.9 Å². The fourth-order valence-corrected chi connectivity index (χ4v) is 1.49. The molecule has 0 fully saturated rings. The first kappa shape index (κ1) is 15.7. The Bertz CT molecular complexity index is 510. The van der Waals surface area contributed by atoms with Gasteiger partial charge in [-0.15, -0.1) is 0 Å². The third-order valence-electron chi connectivity index (χ3n) is 2.37. The quantitative estimate of drug-likeness (QED) is 0.663. The zero-order valence-electron chi connectivity index (χ0n) is 10.2. The average Bonchev–Trinajstić information content (AvgIpc) is 2.33. The summed E-state index contributed by atoms with van der Waals surface area (Å²) in [6.45, 7) is 1.86. The van der Waals surface area contributed by atoms with E-state index in [0.717, 1.165) is 0 Å². The zero-order chi connectivity index (χ0) is 15.5. The van der Waals surface area contributed by atoms with Gasteiger partial charge < -0.3 is 5.32 Å². The first-order valence-corrected chi connectivity index (χ1v) is 5.46. The van der Waals surface area contributed by atoms with E-state index < -0.39 is 38.6 Å². The molecule has 0 aliphatic carbocycles. The molecule has 0 bridgehead atoms. The van der Waals surface area contributed by atoms with Crippen LogP contribution in [0.25, 0.3) is 0 Å². The number of alkyl halides is 3. The van der Waals surface area contributed by atoms with Crippen LogP contribution < -0.4 is 5.32 Å². The summed E-state index contributed by atoms with van der Waals surface area (Å²) in [5.41, 5.74) is -3.90. The van der Waals surface area contributed by atoms with Crippen molar-refractivity contribution in [1.29, 1.82) is 0 Å². The molecule has 1 rings (SSSR count). The van der Waals surface area contributed by atoms with Gasteiger partial charge in [0.25, 0.3) is 11.4 Å². The Labute approximate surface area is 110 Å². The number of nitro groups is 2. The van der Waals surface area contributed by atoms with Crippen LogP contribution >= 0.6 is 0 Å². The van der Waals surface area contributed by atoms with Crippen LogP contribution in [0.2, 0.25) is 0 Å². The molecule has 0 aromatic heterocycles. The summed E-state index contributed by atoms with van der Waals surface area (Å²) >= 11 is 0. The fourth-order valence-electron chi connectivity index (χ4n) is 1.49. The molecule has 0 aliphatic heterocycles. The molecule has 110 valence electrons. The van der Waals surface area contributed by atoms with Gasteiger partial charge in [-0.05, 0) is 6.42 Å². The van der Waals surface area contributed by atoms with Gasteiger partial charge in [-0.2, -0.15) is 13.2 Å². The first-order valence-electron chi connectivity index (χ1n) is 5.46. The maximum absolute atomic E-state index is 12.6. The molecular formula is C10H10F3N3O4. The van der Waals surface area contributed by atoms with Gasteiger partial charge >= 0.3 is 6.18 Å². The number of nitrogens with zero attached hydrogens (tertiary/aromatic N) is 2. The van der Waals surface area contributed by atoms with E-state index in [4.69, 9.17) is 0 Å². The Morgan fingerprint density at radius 3 is 1.90 bits per heavy atom. The molecule has 7 nitrogen and oxygen atoms in total. The summed E-state index contributed by atoms with van der Waals surface area (Å²) in [6.07, 6.45) is -4.41. The number of nitrogens with one attached hydrogen (secondary N) is 1. The molecule has 1 N–H and O–H groups in total. The van der Waals surface area contributed by atoms with Gasteiger partial charge in [-0.25, -0.2) is 0 Å². The van der Waals surface area contributed by atoms with E-state index in [1.807, 2.05) is 0 Å². The number of anilines is 1.